The lowest BCUT2D eigenvalue weighted by Crippen LogP contribution is -2.38. The molecular formula is C23H20O8S8. The summed E-state index contributed by atoms with van der Waals surface area (Å²) in [6.07, 6.45) is 1.19. The van der Waals surface area contributed by atoms with Gasteiger partial charge in [-0.3, -0.25) is 0 Å². The quantitative estimate of drug-likeness (QED) is 0.279. The molecule has 8 nitrogen and oxygen atoms in total. The summed E-state index contributed by atoms with van der Waals surface area (Å²) in [7, 11) is 5.24. The standard InChI is InChI=1S/C23H20O8S8/c1-28-16(24)12-13(17(25)29-2)37-22(36-12)20-32-8-6-5-7(9(8)33-20)11-10(6)34-21(35-11)23-38-14(18(26)30-3)15(39-23)19(27)31-4/h6-11H,5H2,1-4H3. The van der Waals surface area contributed by atoms with Crippen molar-refractivity contribution in [2.45, 2.75) is 27.4 Å². The van der Waals surface area contributed by atoms with Crippen LogP contribution in [0.2, 0.25) is 0 Å². The zero-order valence-corrected chi connectivity index (χ0v) is 27.2. The van der Waals surface area contributed by atoms with Gasteiger partial charge in [0, 0.05) is 21.0 Å². The number of rotatable bonds is 4. The van der Waals surface area contributed by atoms with E-state index in [-0.39, 0.29) is 19.6 Å². The van der Waals surface area contributed by atoms with Crippen LogP contribution in [0.5, 0.6) is 0 Å². The van der Waals surface area contributed by atoms with Gasteiger partial charge in [-0.2, -0.15) is 0 Å². The summed E-state index contributed by atoms with van der Waals surface area (Å²) in [5, 5.41) is 1.85. The van der Waals surface area contributed by atoms with Crippen molar-refractivity contribution in [3.63, 3.8) is 0 Å². The van der Waals surface area contributed by atoms with Crippen LogP contribution in [0.4, 0.5) is 0 Å². The monoisotopic (exact) mass is 680 g/mol. The zero-order valence-electron chi connectivity index (χ0n) is 20.7. The normalized spacial score (nSPS) is 32.7. The fourth-order valence-electron chi connectivity index (χ4n) is 5.23. The van der Waals surface area contributed by atoms with Gasteiger partial charge in [-0.15, -0.1) is 47.0 Å². The Morgan fingerprint density at radius 1 is 0.487 bits per heavy atom. The van der Waals surface area contributed by atoms with Gasteiger partial charge >= 0.3 is 23.9 Å². The molecule has 4 unspecified atom stereocenters. The van der Waals surface area contributed by atoms with E-state index in [4.69, 9.17) is 18.9 Å². The second kappa shape index (κ2) is 11.4. The van der Waals surface area contributed by atoms with Gasteiger partial charge in [0.2, 0.25) is 0 Å². The van der Waals surface area contributed by atoms with E-state index in [2.05, 4.69) is 0 Å². The van der Waals surface area contributed by atoms with E-state index in [1.54, 1.807) is 0 Å². The highest BCUT2D eigenvalue weighted by atomic mass is 32.2. The lowest BCUT2D eigenvalue weighted by atomic mass is 9.98. The van der Waals surface area contributed by atoms with Crippen molar-refractivity contribution in [1.29, 1.82) is 0 Å². The SMILES string of the molecule is COC(=O)C1=C(C(=O)OC)SC(=C2SC3C4CC(C3S2)C2SC(=C3SC(C(=O)OC)=C(C(=O)OC)S3)SC42)S1. The predicted octanol–water partition coefficient (Wildman–Crippen LogP) is 5.40. The molecule has 4 fully saturated rings. The molecule has 6 rings (SSSR count). The minimum absolute atomic E-state index is 0.287. The van der Waals surface area contributed by atoms with Crippen molar-refractivity contribution in [2.24, 2.45) is 11.8 Å². The number of hydrogen-bond acceptors (Lipinski definition) is 16. The van der Waals surface area contributed by atoms with Crippen LogP contribution in [0.25, 0.3) is 0 Å². The Kier molecular flexibility index (Phi) is 8.39. The van der Waals surface area contributed by atoms with Crippen molar-refractivity contribution in [2.75, 3.05) is 28.4 Å². The Morgan fingerprint density at radius 3 is 0.974 bits per heavy atom. The van der Waals surface area contributed by atoms with Crippen LogP contribution in [-0.4, -0.2) is 73.3 Å². The summed E-state index contributed by atoms with van der Waals surface area (Å²) < 4.78 is 23.8. The fourth-order valence-corrected chi connectivity index (χ4v) is 18.8. The lowest BCUT2D eigenvalue weighted by Gasteiger charge is -2.30. The summed E-state index contributed by atoms with van der Waals surface area (Å²) in [6.45, 7) is 0. The third-order valence-corrected chi connectivity index (χ3v) is 19.8. The van der Waals surface area contributed by atoms with E-state index < -0.39 is 23.9 Å². The Morgan fingerprint density at radius 2 is 0.744 bits per heavy atom. The van der Waals surface area contributed by atoms with Crippen molar-refractivity contribution >= 4 is 118 Å². The maximum atomic E-state index is 12.3. The van der Waals surface area contributed by atoms with Gasteiger partial charge in [0.05, 0.1) is 45.4 Å². The molecule has 6 aliphatic rings. The number of carbonyl (C=O) groups excluding carboxylic acids is 4. The number of carbonyl (C=O) groups is 4. The van der Waals surface area contributed by atoms with Gasteiger partial charge in [-0.25, -0.2) is 19.2 Å². The first-order valence-corrected chi connectivity index (χ1v) is 18.3. The predicted molar refractivity (Wildman–Crippen MR) is 164 cm³/mol. The van der Waals surface area contributed by atoms with E-state index in [0.29, 0.717) is 32.8 Å². The minimum atomic E-state index is -0.525. The third-order valence-electron chi connectivity index (χ3n) is 6.86. The molecule has 0 aromatic carbocycles. The fraction of sp³-hybridized carbons (Fsp3) is 0.478. The van der Waals surface area contributed by atoms with E-state index in [1.807, 2.05) is 47.0 Å². The topological polar surface area (TPSA) is 105 Å². The van der Waals surface area contributed by atoms with Crippen LogP contribution < -0.4 is 0 Å². The molecule has 208 valence electrons. The van der Waals surface area contributed by atoms with Crippen molar-refractivity contribution in [1.82, 2.24) is 0 Å². The molecule has 0 radical (unpaired) electrons. The smallest absolute Gasteiger partial charge is 0.346 e. The highest BCUT2D eigenvalue weighted by molar-refractivity contribution is 8.34. The number of fused-ring (bicyclic) bond motifs is 8. The van der Waals surface area contributed by atoms with Crippen LogP contribution in [0.3, 0.4) is 0 Å². The van der Waals surface area contributed by atoms with Crippen LogP contribution in [0.15, 0.2) is 36.6 Å². The van der Waals surface area contributed by atoms with Gasteiger partial charge in [0.25, 0.3) is 0 Å². The first-order chi connectivity index (χ1) is 18.8. The molecule has 2 saturated carbocycles. The van der Waals surface area contributed by atoms with Crippen LogP contribution in [0, 0.1) is 11.8 Å². The third kappa shape index (κ3) is 4.82. The largest absolute Gasteiger partial charge is 0.465 e. The van der Waals surface area contributed by atoms with E-state index in [0.717, 1.165) is 8.47 Å². The van der Waals surface area contributed by atoms with Gasteiger partial charge in [0.15, 0.2) is 0 Å². The Balaban J connectivity index is 1.18. The summed E-state index contributed by atoms with van der Waals surface area (Å²) in [6, 6.07) is 0. The van der Waals surface area contributed by atoms with Crippen LogP contribution in [0.1, 0.15) is 6.42 Å². The maximum absolute atomic E-state index is 12.3. The molecule has 2 saturated heterocycles. The Hall–Kier alpha value is -0.360. The van der Waals surface area contributed by atoms with Crippen LogP contribution >= 0.6 is 94.1 Å². The lowest BCUT2D eigenvalue weighted by molar-refractivity contribution is -0.138. The van der Waals surface area contributed by atoms with Crippen LogP contribution in [-0.2, 0) is 38.1 Å². The Bertz CT molecular complexity index is 1130. The molecule has 39 heavy (non-hydrogen) atoms. The molecule has 0 aromatic rings. The average Bonchev–Trinajstić information content (AvgIpc) is 3.77. The first kappa shape index (κ1) is 28.7. The molecule has 0 spiro atoms. The van der Waals surface area contributed by atoms with Gasteiger partial charge in [0.1, 0.15) is 19.6 Å². The van der Waals surface area contributed by atoms with Crippen molar-refractivity contribution < 1.29 is 38.1 Å². The molecule has 4 aliphatic heterocycles. The van der Waals surface area contributed by atoms with E-state index in [1.165, 1.54) is 90.4 Å². The first-order valence-electron chi connectivity index (χ1n) is 11.5. The minimum Gasteiger partial charge on any atom is -0.465 e. The number of esters is 4. The second-order valence-corrected chi connectivity index (χ2v) is 18.6. The van der Waals surface area contributed by atoms with Gasteiger partial charge in [-0.1, -0.05) is 47.0 Å². The molecule has 2 bridgehead atoms. The van der Waals surface area contributed by atoms with Crippen molar-refractivity contribution in [3.05, 3.63) is 36.6 Å². The molecule has 16 heteroatoms. The molecule has 2 aliphatic carbocycles. The van der Waals surface area contributed by atoms with Crippen molar-refractivity contribution in [3.8, 4) is 0 Å². The average molecular weight is 681 g/mol. The number of ether oxygens (including phenoxy) is 4. The molecule has 0 amide bonds. The molecule has 4 atom stereocenters. The highest BCUT2D eigenvalue weighted by Crippen LogP contribution is 2.74. The van der Waals surface area contributed by atoms with E-state index >= 15 is 0 Å². The highest BCUT2D eigenvalue weighted by Gasteiger charge is 2.64. The summed E-state index contributed by atoms with van der Waals surface area (Å²) >= 11 is 12.7. The van der Waals surface area contributed by atoms with E-state index in [9.17, 15) is 19.2 Å². The molecule has 0 aromatic heterocycles. The summed E-state index contributed by atoms with van der Waals surface area (Å²) in [5.41, 5.74) is 0. The number of hydrogen-bond donors (Lipinski definition) is 0. The zero-order chi connectivity index (χ0) is 27.6. The Labute approximate surface area is 258 Å². The summed E-state index contributed by atoms with van der Waals surface area (Å²) in [4.78, 5) is 50.4. The maximum Gasteiger partial charge on any atom is 0.346 e. The second-order valence-electron chi connectivity index (χ2n) is 8.73. The molecule has 0 N–H and O–H groups in total. The van der Waals surface area contributed by atoms with Gasteiger partial charge < -0.3 is 18.9 Å². The number of methoxy groups -OCH3 is 4. The van der Waals surface area contributed by atoms with Gasteiger partial charge in [-0.05, 0) is 18.3 Å². The summed E-state index contributed by atoms with van der Waals surface area (Å²) in [5.74, 6) is -1.04. The molecule has 4 heterocycles. The molecular weight excluding hydrogens is 661 g/mol. The number of thioether (sulfide) groups is 8.